The Hall–Kier alpha value is -0.220. The molecule has 0 bridgehead atoms. The predicted molar refractivity (Wildman–Crippen MR) is 86.6 cm³/mol. The Labute approximate surface area is 158 Å². The molecule has 0 spiro atoms. The van der Waals surface area contributed by atoms with Gasteiger partial charge >= 0.3 is 7.60 Å². The zero-order valence-corrected chi connectivity index (χ0v) is 17.1. The molecule has 1 aromatic carbocycles. The van der Waals surface area contributed by atoms with E-state index < -0.39 is 23.6 Å². The molecule has 0 aliphatic carbocycles. The van der Waals surface area contributed by atoms with E-state index in [1.165, 1.54) is 14.2 Å². The standard InChI is InChI=1S/C13H18Cl2NO3P.ClHO4/c1-16(2)13(20(17,18-3)19-4)9-12(15)10-5-7-11(14)8-6-10;2-1(3,4)5/h5-9,13H,1-4H3;(H,2,3,4,5)/b12-9-;. The molecule has 0 aliphatic heterocycles. The predicted octanol–water partition coefficient (Wildman–Crippen LogP) is 0.169. The molecule has 144 valence electrons. The Balaban J connectivity index is 0.00000101. The van der Waals surface area contributed by atoms with Gasteiger partial charge in [0, 0.05) is 24.3 Å². The van der Waals surface area contributed by atoms with Crippen molar-refractivity contribution in [2.24, 2.45) is 0 Å². The molecule has 12 heteroatoms. The molecule has 0 heterocycles. The Morgan fingerprint density at radius 2 is 1.64 bits per heavy atom. The molecule has 0 saturated heterocycles. The summed E-state index contributed by atoms with van der Waals surface area (Å²) in [5.74, 6) is -0.583. The maximum Gasteiger partial charge on any atom is 0.351 e. The number of hydrogen-bond donors (Lipinski definition) is 1. The summed E-state index contributed by atoms with van der Waals surface area (Å²) in [6, 6.07) is 7.06. The Morgan fingerprint density at radius 1 is 1.24 bits per heavy atom. The van der Waals surface area contributed by atoms with Crippen LogP contribution in [-0.2, 0) is 13.6 Å². The fourth-order valence-corrected chi connectivity index (χ4v) is 3.59. The Bertz CT molecular complexity index is 591. The van der Waals surface area contributed by atoms with Gasteiger partial charge in [0.2, 0.25) is 0 Å². The highest BCUT2D eigenvalue weighted by atomic mass is 35.7. The molecule has 1 rings (SSSR count). The molecule has 0 aromatic heterocycles. The molecule has 0 fully saturated rings. The maximum atomic E-state index is 12.5. The first-order valence-corrected chi connectivity index (χ1v) is 10.1. The molecular weight excluding hydrogens is 419 g/mol. The lowest BCUT2D eigenvalue weighted by molar-refractivity contribution is -1.92. The third-order valence-corrected chi connectivity index (χ3v) is 5.65. The van der Waals surface area contributed by atoms with Crippen molar-refractivity contribution in [3.05, 3.63) is 40.9 Å². The molecule has 1 unspecified atom stereocenters. The van der Waals surface area contributed by atoms with Crippen molar-refractivity contribution in [2.75, 3.05) is 28.3 Å². The van der Waals surface area contributed by atoms with E-state index in [9.17, 15) is 4.57 Å². The number of nitrogens with zero attached hydrogens (tertiary/aromatic N) is 1. The van der Waals surface area contributed by atoms with E-state index in [1.54, 1.807) is 49.3 Å². The van der Waals surface area contributed by atoms with Gasteiger partial charge in [0.25, 0.3) is 0 Å². The zero-order valence-electron chi connectivity index (χ0n) is 13.9. The fraction of sp³-hybridized carbons (Fsp3) is 0.385. The summed E-state index contributed by atoms with van der Waals surface area (Å²) in [6.45, 7) is 0. The highest BCUT2D eigenvalue weighted by Crippen LogP contribution is 2.53. The monoisotopic (exact) mass is 437 g/mol. The van der Waals surface area contributed by atoms with Crippen LogP contribution in [0.15, 0.2) is 30.3 Å². The van der Waals surface area contributed by atoms with Gasteiger partial charge in [-0.3, -0.25) is 9.46 Å². The van der Waals surface area contributed by atoms with Crippen molar-refractivity contribution < 1.29 is 42.5 Å². The van der Waals surface area contributed by atoms with Crippen molar-refractivity contribution in [1.29, 1.82) is 0 Å². The van der Waals surface area contributed by atoms with Crippen molar-refractivity contribution >= 4 is 35.8 Å². The summed E-state index contributed by atoms with van der Waals surface area (Å²) >= 11 is 12.1. The average molecular weight is 439 g/mol. The second-order valence-electron chi connectivity index (χ2n) is 4.70. The number of rotatable bonds is 6. The molecule has 0 saturated carbocycles. The fourth-order valence-electron chi connectivity index (χ4n) is 1.65. The lowest BCUT2D eigenvalue weighted by Gasteiger charge is -2.27. The molecule has 8 nitrogen and oxygen atoms in total. The minimum atomic E-state index is -4.69. The van der Waals surface area contributed by atoms with Crippen molar-refractivity contribution in [1.82, 2.24) is 4.90 Å². The molecule has 1 atom stereocenters. The van der Waals surface area contributed by atoms with Gasteiger partial charge in [0.15, 0.2) is 0 Å². The second-order valence-corrected chi connectivity index (χ2v) is 8.67. The quantitative estimate of drug-likeness (QED) is 0.623. The van der Waals surface area contributed by atoms with Gasteiger partial charge in [-0.15, -0.1) is 0 Å². The summed E-state index contributed by atoms with van der Waals surface area (Å²) in [5.41, 5.74) is 0.779. The van der Waals surface area contributed by atoms with Crippen molar-refractivity contribution in [2.45, 2.75) is 5.78 Å². The van der Waals surface area contributed by atoms with E-state index in [4.69, 9.17) is 50.9 Å². The first-order valence-electron chi connectivity index (χ1n) is 6.48. The SMILES string of the molecule is COP(=O)(OC)C(/C=C(\Cl)c1ccc(Cl)cc1)N(C)C.[O-][Cl+3]([O-])([O-])O. The minimum Gasteiger partial charge on any atom is -0.311 e. The van der Waals surface area contributed by atoms with E-state index in [-0.39, 0.29) is 0 Å². The molecule has 0 amide bonds. The molecule has 25 heavy (non-hydrogen) atoms. The summed E-state index contributed by atoms with van der Waals surface area (Å²) in [5, 5.41) is 1.08. The first-order chi connectivity index (χ1) is 11.3. The first kappa shape index (κ1) is 24.8. The smallest absolute Gasteiger partial charge is 0.311 e. The van der Waals surface area contributed by atoms with Crippen LogP contribution in [0.1, 0.15) is 5.56 Å². The van der Waals surface area contributed by atoms with Crippen LogP contribution in [0.4, 0.5) is 0 Å². The van der Waals surface area contributed by atoms with Crippen LogP contribution in [0.2, 0.25) is 5.02 Å². The van der Waals surface area contributed by atoms with Crippen LogP contribution in [0.25, 0.3) is 5.03 Å². The summed E-state index contributed by atoms with van der Waals surface area (Å²) in [4.78, 5) is 1.73. The van der Waals surface area contributed by atoms with Crippen molar-refractivity contribution in [3.63, 3.8) is 0 Å². The van der Waals surface area contributed by atoms with Gasteiger partial charge in [-0.2, -0.15) is 14.0 Å². The van der Waals surface area contributed by atoms with Gasteiger partial charge in [-0.1, -0.05) is 35.3 Å². The van der Waals surface area contributed by atoms with Crippen LogP contribution < -0.4 is 14.0 Å². The number of hydrogen-bond acceptors (Lipinski definition) is 8. The lowest BCUT2D eigenvalue weighted by atomic mass is 10.2. The van der Waals surface area contributed by atoms with Gasteiger partial charge in [-0.05, 0) is 37.9 Å². The third-order valence-electron chi connectivity index (χ3n) is 2.78. The van der Waals surface area contributed by atoms with Gasteiger partial charge in [-0.25, -0.2) is 0 Å². The van der Waals surface area contributed by atoms with Crippen LogP contribution >= 0.6 is 30.8 Å². The Morgan fingerprint density at radius 3 is 1.96 bits per heavy atom. The largest absolute Gasteiger partial charge is 0.351 e. The van der Waals surface area contributed by atoms with E-state index in [2.05, 4.69) is 0 Å². The number of likely N-dealkylation sites (N-methyl/N-ethyl adjacent to an activating group) is 1. The summed E-state index contributed by atoms with van der Waals surface area (Å²) in [6.07, 6.45) is 1.65. The third kappa shape index (κ3) is 9.89. The van der Waals surface area contributed by atoms with Crippen LogP contribution in [0.3, 0.4) is 0 Å². The summed E-state index contributed by atoms with van der Waals surface area (Å²) < 4.78 is 55.3. The van der Waals surface area contributed by atoms with Crippen molar-refractivity contribution in [3.8, 4) is 0 Å². The normalized spacial score (nSPS) is 14.1. The summed E-state index contributed by atoms with van der Waals surface area (Å²) in [7, 11) is -1.73. The second kappa shape index (κ2) is 10.8. The highest BCUT2D eigenvalue weighted by Gasteiger charge is 2.34. The molecule has 0 radical (unpaired) electrons. The minimum absolute atomic E-state index is 0.453. The van der Waals surface area contributed by atoms with Gasteiger partial charge in [0.1, 0.15) is 5.78 Å². The van der Waals surface area contributed by atoms with Crippen LogP contribution in [-0.4, -0.2) is 43.7 Å². The molecule has 1 aromatic rings. The van der Waals surface area contributed by atoms with Gasteiger partial charge in [0.05, 0.1) is 14.9 Å². The number of benzene rings is 1. The van der Waals surface area contributed by atoms with E-state index >= 15 is 0 Å². The molecular formula is C13H19Cl3NO7P. The highest BCUT2D eigenvalue weighted by molar-refractivity contribution is 7.54. The van der Waals surface area contributed by atoms with E-state index in [0.717, 1.165) is 5.56 Å². The topological polar surface area (TPSA) is 128 Å². The molecule has 1 N–H and O–H groups in total. The van der Waals surface area contributed by atoms with Crippen LogP contribution in [0, 0.1) is 10.2 Å². The molecule has 0 aliphatic rings. The maximum absolute atomic E-state index is 12.5. The Kier molecular flexibility index (Phi) is 10.7. The average Bonchev–Trinajstić information content (AvgIpc) is 2.50. The van der Waals surface area contributed by atoms with Crippen LogP contribution in [0.5, 0.6) is 0 Å². The van der Waals surface area contributed by atoms with E-state index in [1.807, 2.05) is 0 Å². The van der Waals surface area contributed by atoms with Gasteiger partial charge < -0.3 is 9.05 Å². The lowest BCUT2D eigenvalue weighted by Crippen LogP contribution is -2.58. The van der Waals surface area contributed by atoms with E-state index in [0.29, 0.717) is 10.1 Å². The zero-order chi connectivity index (χ0) is 19.8. The number of halogens is 3.